The SMILES string of the molecule is CCc1c(C)c(C)cc(C(=O)O)c1N. The van der Waals surface area contributed by atoms with E-state index in [1.807, 2.05) is 20.8 Å². The monoisotopic (exact) mass is 193 g/mol. The van der Waals surface area contributed by atoms with Crippen molar-refractivity contribution in [3.05, 3.63) is 28.3 Å². The molecule has 0 aliphatic heterocycles. The highest BCUT2D eigenvalue weighted by Crippen LogP contribution is 2.25. The number of hydrogen-bond donors (Lipinski definition) is 2. The predicted octanol–water partition coefficient (Wildman–Crippen LogP) is 2.15. The summed E-state index contributed by atoms with van der Waals surface area (Å²) in [4.78, 5) is 10.9. The van der Waals surface area contributed by atoms with Gasteiger partial charge in [0.1, 0.15) is 0 Å². The molecule has 0 atom stereocenters. The van der Waals surface area contributed by atoms with Crippen LogP contribution in [0.25, 0.3) is 0 Å². The fourth-order valence-electron chi connectivity index (χ4n) is 1.64. The zero-order valence-electron chi connectivity index (χ0n) is 8.72. The second-order valence-corrected chi connectivity index (χ2v) is 3.42. The van der Waals surface area contributed by atoms with Gasteiger partial charge in [-0.2, -0.15) is 0 Å². The number of carboxylic acids is 1. The fourth-order valence-corrected chi connectivity index (χ4v) is 1.64. The molecule has 0 bridgehead atoms. The van der Waals surface area contributed by atoms with E-state index in [-0.39, 0.29) is 5.56 Å². The Bertz CT molecular complexity index is 383. The van der Waals surface area contributed by atoms with Crippen molar-refractivity contribution in [2.75, 3.05) is 5.73 Å². The van der Waals surface area contributed by atoms with Crippen molar-refractivity contribution in [1.82, 2.24) is 0 Å². The van der Waals surface area contributed by atoms with Gasteiger partial charge in [0, 0.05) is 5.69 Å². The lowest BCUT2D eigenvalue weighted by Gasteiger charge is -2.12. The van der Waals surface area contributed by atoms with Gasteiger partial charge in [-0.25, -0.2) is 4.79 Å². The van der Waals surface area contributed by atoms with Gasteiger partial charge in [0.15, 0.2) is 0 Å². The molecule has 0 aliphatic carbocycles. The molecule has 3 nitrogen and oxygen atoms in total. The molecule has 0 unspecified atom stereocenters. The summed E-state index contributed by atoms with van der Waals surface area (Å²) in [5.74, 6) is -0.958. The molecule has 76 valence electrons. The van der Waals surface area contributed by atoms with Crippen LogP contribution in [0.3, 0.4) is 0 Å². The minimum atomic E-state index is -0.958. The Labute approximate surface area is 83.6 Å². The third-order valence-electron chi connectivity index (χ3n) is 2.60. The van der Waals surface area contributed by atoms with Crippen LogP contribution in [0.4, 0.5) is 5.69 Å². The zero-order chi connectivity index (χ0) is 10.9. The molecule has 0 saturated carbocycles. The van der Waals surface area contributed by atoms with Gasteiger partial charge in [-0.05, 0) is 43.0 Å². The van der Waals surface area contributed by atoms with E-state index in [2.05, 4.69) is 0 Å². The lowest BCUT2D eigenvalue weighted by Crippen LogP contribution is -2.08. The Kier molecular flexibility index (Phi) is 2.79. The van der Waals surface area contributed by atoms with Crippen molar-refractivity contribution in [2.24, 2.45) is 0 Å². The lowest BCUT2D eigenvalue weighted by molar-refractivity contribution is 0.0698. The number of carboxylic acid groups (broad SMARTS) is 1. The molecule has 0 radical (unpaired) electrons. The summed E-state index contributed by atoms with van der Waals surface area (Å²) >= 11 is 0. The second-order valence-electron chi connectivity index (χ2n) is 3.42. The maximum absolute atomic E-state index is 10.9. The number of nitrogens with two attached hydrogens (primary N) is 1. The Morgan fingerprint density at radius 1 is 1.50 bits per heavy atom. The molecule has 14 heavy (non-hydrogen) atoms. The molecular formula is C11H15NO2. The highest BCUT2D eigenvalue weighted by Gasteiger charge is 2.14. The highest BCUT2D eigenvalue weighted by atomic mass is 16.4. The first kappa shape index (κ1) is 10.6. The summed E-state index contributed by atoms with van der Waals surface area (Å²) < 4.78 is 0. The van der Waals surface area contributed by atoms with Crippen LogP contribution in [0.2, 0.25) is 0 Å². The standard InChI is InChI=1S/C11H15NO2/c1-4-8-7(3)6(2)5-9(10(8)12)11(13)14/h5H,4,12H2,1-3H3,(H,13,14). The van der Waals surface area contributed by atoms with Crippen LogP contribution in [0.1, 0.15) is 34.0 Å². The van der Waals surface area contributed by atoms with Crippen molar-refractivity contribution >= 4 is 11.7 Å². The minimum absolute atomic E-state index is 0.213. The Morgan fingerprint density at radius 3 is 2.50 bits per heavy atom. The molecule has 0 saturated heterocycles. The quantitative estimate of drug-likeness (QED) is 0.707. The molecule has 1 aromatic rings. The summed E-state index contributed by atoms with van der Waals surface area (Å²) in [5.41, 5.74) is 9.42. The van der Waals surface area contributed by atoms with Crippen molar-refractivity contribution in [2.45, 2.75) is 27.2 Å². The highest BCUT2D eigenvalue weighted by molar-refractivity contribution is 5.95. The maximum atomic E-state index is 10.9. The minimum Gasteiger partial charge on any atom is -0.478 e. The molecule has 0 aromatic heterocycles. The Hall–Kier alpha value is -1.51. The molecule has 0 heterocycles. The van der Waals surface area contributed by atoms with Crippen LogP contribution in [-0.4, -0.2) is 11.1 Å². The van der Waals surface area contributed by atoms with Gasteiger partial charge in [0.2, 0.25) is 0 Å². The Balaban J connectivity index is 3.50. The summed E-state index contributed by atoms with van der Waals surface area (Å²) in [6.45, 7) is 5.85. The number of aryl methyl sites for hydroxylation is 1. The maximum Gasteiger partial charge on any atom is 0.337 e. The molecular weight excluding hydrogens is 178 g/mol. The van der Waals surface area contributed by atoms with E-state index in [9.17, 15) is 4.79 Å². The van der Waals surface area contributed by atoms with Crippen LogP contribution >= 0.6 is 0 Å². The van der Waals surface area contributed by atoms with Crippen molar-refractivity contribution in [3.63, 3.8) is 0 Å². The van der Waals surface area contributed by atoms with E-state index in [0.29, 0.717) is 5.69 Å². The average Bonchev–Trinajstić information content (AvgIpc) is 2.12. The first-order valence-electron chi connectivity index (χ1n) is 4.60. The van der Waals surface area contributed by atoms with Crippen LogP contribution in [0, 0.1) is 13.8 Å². The largest absolute Gasteiger partial charge is 0.478 e. The van der Waals surface area contributed by atoms with Gasteiger partial charge < -0.3 is 10.8 Å². The summed E-state index contributed by atoms with van der Waals surface area (Å²) in [6, 6.07) is 1.63. The van der Waals surface area contributed by atoms with E-state index in [1.165, 1.54) is 0 Å². The van der Waals surface area contributed by atoms with E-state index in [0.717, 1.165) is 23.1 Å². The number of aromatic carboxylic acids is 1. The van der Waals surface area contributed by atoms with Crippen molar-refractivity contribution in [1.29, 1.82) is 0 Å². The van der Waals surface area contributed by atoms with E-state index >= 15 is 0 Å². The molecule has 0 spiro atoms. The van der Waals surface area contributed by atoms with Gasteiger partial charge in [-0.15, -0.1) is 0 Å². The number of carbonyl (C=O) groups is 1. The molecule has 0 amide bonds. The summed E-state index contributed by atoms with van der Waals surface area (Å²) in [6.07, 6.45) is 0.764. The van der Waals surface area contributed by atoms with Gasteiger partial charge in [-0.3, -0.25) is 0 Å². The predicted molar refractivity (Wildman–Crippen MR) is 56.7 cm³/mol. The van der Waals surface area contributed by atoms with Gasteiger partial charge >= 0.3 is 5.97 Å². The fraction of sp³-hybridized carbons (Fsp3) is 0.364. The number of hydrogen-bond acceptors (Lipinski definition) is 2. The number of anilines is 1. The smallest absolute Gasteiger partial charge is 0.337 e. The third-order valence-corrected chi connectivity index (χ3v) is 2.60. The normalized spacial score (nSPS) is 10.2. The number of rotatable bonds is 2. The summed E-state index contributed by atoms with van der Waals surface area (Å²) in [5, 5.41) is 8.92. The van der Waals surface area contributed by atoms with Crippen LogP contribution in [0.15, 0.2) is 6.07 Å². The molecule has 1 aromatic carbocycles. The number of nitrogen functional groups attached to an aromatic ring is 1. The average molecular weight is 193 g/mol. The molecule has 0 aliphatic rings. The van der Waals surface area contributed by atoms with E-state index in [1.54, 1.807) is 6.07 Å². The van der Waals surface area contributed by atoms with Gasteiger partial charge in [0.25, 0.3) is 0 Å². The van der Waals surface area contributed by atoms with Gasteiger partial charge in [0.05, 0.1) is 5.56 Å². The third kappa shape index (κ3) is 1.58. The zero-order valence-corrected chi connectivity index (χ0v) is 8.72. The van der Waals surface area contributed by atoms with Crippen LogP contribution < -0.4 is 5.73 Å². The van der Waals surface area contributed by atoms with Crippen LogP contribution in [0.5, 0.6) is 0 Å². The number of benzene rings is 1. The second kappa shape index (κ2) is 3.70. The molecule has 3 heteroatoms. The Morgan fingerprint density at radius 2 is 2.07 bits per heavy atom. The van der Waals surface area contributed by atoms with Gasteiger partial charge in [-0.1, -0.05) is 6.92 Å². The van der Waals surface area contributed by atoms with E-state index in [4.69, 9.17) is 10.8 Å². The lowest BCUT2D eigenvalue weighted by atomic mass is 9.95. The van der Waals surface area contributed by atoms with E-state index < -0.39 is 5.97 Å². The molecule has 1 rings (SSSR count). The first-order chi connectivity index (χ1) is 6.49. The van der Waals surface area contributed by atoms with Crippen molar-refractivity contribution < 1.29 is 9.90 Å². The van der Waals surface area contributed by atoms with Crippen molar-refractivity contribution in [3.8, 4) is 0 Å². The topological polar surface area (TPSA) is 63.3 Å². The molecule has 3 N–H and O–H groups in total. The summed E-state index contributed by atoms with van der Waals surface area (Å²) in [7, 11) is 0. The van der Waals surface area contributed by atoms with Crippen LogP contribution in [-0.2, 0) is 6.42 Å². The molecule has 0 fully saturated rings. The first-order valence-corrected chi connectivity index (χ1v) is 4.60.